The van der Waals surface area contributed by atoms with Crippen LogP contribution >= 0.6 is 0 Å². The quantitative estimate of drug-likeness (QED) is 0.374. The topological polar surface area (TPSA) is 49.4 Å². The summed E-state index contributed by atoms with van der Waals surface area (Å²) in [6.07, 6.45) is 0.730. The second-order valence-electron chi connectivity index (χ2n) is 9.41. The summed E-state index contributed by atoms with van der Waals surface area (Å²) in [6.45, 7) is -0.0400. The Labute approximate surface area is 212 Å². The van der Waals surface area contributed by atoms with Crippen LogP contribution in [0.3, 0.4) is 0 Å². The predicted molar refractivity (Wildman–Crippen MR) is 142 cm³/mol. The van der Waals surface area contributed by atoms with Crippen LogP contribution in [0.1, 0.15) is 34.7 Å². The number of hydrogen-bond acceptors (Lipinski definition) is 2. The summed E-state index contributed by atoms with van der Waals surface area (Å²) in [5, 5.41) is 2.95. The van der Waals surface area contributed by atoms with E-state index >= 15 is 0 Å². The number of benzene rings is 4. The number of likely N-dealkylation sites (N-methyl/N-ethyl adjacent to an activating group) is 1. The molecular formula is C32H30N2O2. The molecule has 2 amide bonds. The number of nitrogens with one attached hydrogen (secondary N) is 1. The first-order valence-corrected chi connectivity index (χ1v) is 12.4. The number of hydrogen-bond donors (Lipinski definition) is 1. The van der Waals surface area contributed by atoms with Crippen molar-refractivity contribution in [2.75, 3.05) is 13.6 Å². The SMILES string of the molecule is CN(C(=O)CNC(=O)C1CC1(c1ccccc1)c1ccccc1)C(c1ccccc1)c1ccccc1. The fourth-order valence-electron chi connectivity index (χ4n) is 5.32. The molecule has 4 nitrogen and oxygen atoms in total. The van der Waals surface area contributed by atoms with E-state index in [0.29, 0.717) is 0 Å². The molecule has 4 aromatic rings. The second kappa shape index (κ2) is 10.2. The number of rotatable bonds is 8. The van der Waals surface area contributed by atoms with Crippen LogP contribution in [-0.4, -0.2) is 30.3 Å². The summed E-state index contributed by atoms with van der Waals surface area (Å²) >= 11 is 0. The molecule has 0 bridgehead atoms. The van der Waals surface area contributed by atoms with Crippen molar-refractivity contribution in [2.24, 2.45) is 5.92 Å². The van der Waals surface area contributed by atoms with Gasteiger partial charge in [-0.2, -0.15) is 0 Å². The first-order valence-electron chi connectivity index (χ1n) is 12.4. The summed E-state index contributed by atoms with van der Waals surface area (Å²) in [5.74, 6) is -0.424. The highest BCUT2D eigenvalue weighted by Gasteiger charge is 2.60. The van der Waals surface area contributed by atoms with Crippen LogP contribution in [0, 0.1) is 5.92 Å². The van der Waals surface area contributed by atoms with E-state index in [0.717, 1.165) is 28.7 Å². The Morgan fingerprint density at radius 3 is 1.61 bits per heavy atom. The van der Waals surface area contributed by atoms with Gasteiger partial charge in [0, 0.05) is 12.5 Å². The molecule has 4 aromatic carbocycles. The molecular weight excluding hydrogens is 444 g/mol. The van der Waals surface area contributed by atoms with E-state index in [1.807, 2.05) is 97.1 Å². The third-order valence-electron chi connectivity index (χ3n) is 7.28. The lowest BCUT2D eigenvalue weighted by Gasteiger charge is -2.29. The molecule has 1 saturated carbocycles. The summed E-state index contributed by atoms with van der Waals surface area (Å²) in [4.78, 5) is 28.3. The van der Waals surface area contributed by atoms with Crippen LogP contribution in [0.25, 0.3) is 0 Å². The first-order chi connectivity index (χ1) is 17.6. The Bertz CT molecular complexity index is 1210. The van der Waals surface area contributed by atoms with Crippen molar-refractivity contribution in [3.63, 3.8) is 0 Å². The summed E-state index contributed by atoms with van der Waals surface area (Å²) in [6, 6.07) is 40.1. The fourth-order valence-corrected chi connectivity index (χ4v) is 5.32. The Morgan fingerprint density at radius 2 is 1.17 bits per heavy atom. The highest BCUT2D eigenvalue weighted by atomic mass is 16.2. The Kier molecular flexibility index (Phi) is 6.68. The van der Waals surface area contributed by atoms with Gasteiger partial charge in [-0.15, -0.1) is 0 Å². The lowest BCUT2D eigenvalue weighted by Crippen LogP contribution is -2.41. The minimum Gasteiger partial charge on any atom is -0.347 e. The molecule has 0 aliphatic heterocycles. The molecule has 36 heavy (non-hydrogen) atoms. The predicted octanol–water partition coefficient (Wildman–Crippen LogP) is 5.36. The van der Waals surface area contributed by atoms with Gasteiger partial charge in [-0.3, -0.25) is 9.59 Å². The van der Waals surface area contributed by atoms with Gasteiger partial charge in [0.25, 0.3) is 0 Å². The maximum atomic E-state index is 13.3. The van der Waals surface area contributed by atoms with Crippen LogP contribution in [0.5, 0.6) is 0 Å². The van der Waals surface area contributed by atoms with Gasteiger partial charge in [-0.1, -0.05) is 121 Å². The highest BCUT2D eigenvalue weighted by molar-refractivity contribution is 5.90. The van der Waals surface area contributed by atoms with Crippen LogP contribution in [0.2, 0.25) is 0 Å². The molecule has 0 heterocycles. The van der Waals surface area contributed by atoms with Crippen molar-refractivity contribution >= 4 is 11.8 Å². The molecule has 1 aliphatic rings. The maximum Gasteiger partial charge on any atom is 0.242 e. The summed E-state index contributed by atoms with van der Waals surface area (Å²) in [7, 11) is 1.80. The molecule has 180 valence electrons. The van der Waals surface area contributed by atoms with Gasteiger partial charge in [-0.05, 0) is 28.7 Å². The molecule has 0 radical (unpaired) electrons. The van der Waals surface area contributed by atoms with Crippen LogP contribution in [0.15, 0.2) is 121 Å². The largest absolute Gasteiger partial charge is 0.347 e. The number of carbonyl (C=O) groups is 2. The number of amides is 2. The van der Waals surface area contributed by atoms with Gasteiger partial charge >= 0.3 is 0 Å². The zero-order valence-electron chi connectivity index (χ0n) is 20.4. The van der Waals surface area contributed by atoms with E-state index in [-0.39, 0.29) is 35.7 Å². The van der Waals surface area contributed by atoms with E-state index in [4.69, 9.17) is 0 Å². The Balaban J connectivity index is 1.31. The second-order valence-corrected chi connectivity index (χ2v) is 9.41. The van der Waals surface area contributed by atoms with Crippen molar-refractivity contribution in [1.29, 1.82) is 0 Å². The lowest BCUT2D eigenvalue weighted by molar-refractivity contribution is -0.133. The van der Waals surface area contributed by atoms with Crippen molar-refractivity contribution < 1.29 is 9.59 Å². The third-order valence-corrected chi connectivity index (χ3v) is 7.28. The zero-order valence-corrected chi connectivity index (χ0v) is 20.4. The average molecular weight is 475 g/mol. The van der Waals surface area contributed by atoms with Crippen molar-refractivity contribution in [3.8, 4) is 0 Å². The van der Waals surface area contributed by atoms with Gasteiger partial charge in [0.05, 0.1) is 18.5 Å². The smallest absolute Gasteiger partial charge is 0.242 e. The van der Waals surface area contributed by atoms with Gasteiger partial charge < -0.3 is 10.2 Å². The van der Waals surface area contributed by atoms with E-state index < -0.39 is 0 Å². The molecule has 1 fully saturated rings. The highest BCUT2D eigenvalue weighted by Crippen LogP contribution is 2.58. The van der Waals surface area contributed by atoms with E-state index in [2.05, 4.69) is 29.6 Å². The van der Waals surface area contributed by atoms with Crippen molar-refractivity contribution in [3.05, 3.63) is 144 Å². The van der Waals surface area contributed by atoms with Crippen molar-refractivity contribution in [1.82, 2.24) is 10.2 Å². The van der Waals surface area contributed by atoms with Gasteiger partial charge in [-0.25, -0.2) is 0 Å². The molecule has 1 atom stereocenters. The summed E-state index contributed by atoms with van der Waals surface area (Å²) in [5.41, 5.74) is 3.97. The van der Waals surface area contributed by atoms with E-state index in [1.54, 1.807) is 11.9 Å². The standard InChI is InChI=1S/C32H30N2O2/c1-34(30(24-14-6-2-7-15-24)25-16-8-3-9-17-25)29(35)23-33-31(36)28-22-32(28,26-18-10-4-11-19-26)27-20-12-5-13-21-27/h2-21,28,30H,22-23H2,1H3,(H,33,36). The molecule has 1 aliphatic carbocycles. The van der Waals surface area contributed by atoms with Crippen molar-refractivity contribution in [2.45, 2.75) is 17.9 Å². The van der Waals surface area contributed by atoms with Crippen LogP contribution in [0.4, 0.5) is 0 Å². The Hall–Kier alpha value is -4.18. The molecule has 1 N–H and O–H groups in total. The van der Waals surface area contributed by atoms with Crippen LogP contribution < -0.4 is 5.32 Å². The van der Waals surface area contributed by atoms with Gasteiger partial charge in [0.1, 0.15) is 0 Å². The zero-order chi connectivity index (χ0) is 25.0. The molecule has 5 rings (SSSR count). The lowest BCUT2D eigenvalue weighted by atomic mass is 9.85. The Morgan fingerprint density at radius 1 is 0.750 bits per heavy atom. The van der Waals surface area contributed by atoms with Gasteiger partial charge in [0.2, 0.25) is 11.8 Å². The normalized spacial score (nSPS) is 15.8. The van der Waals surface area contributed by atoms with E-state index in [9.17, 15) is 9.59 Å². The molecule has 0 aromatic heterocycles. The molecule has 4 heteroatoms. The maximum absolute atomic E-state index is 13.3. The number of nitrogens with zero attached hydrogens (tertiary/aromatic N) is 1. The minimum absolute atomic E-state index is 0.0400. The van der Waals surface area contributed by atoms with Crippen LogP contribution in [-0.2, 0) is 15.0 Å². The van der Waals surface area contributed by atoms with E-state index in [1.165, 1.54) is 0 Å². The molecule has 0 spiro atoms. The first kappa shape index (κ1) is 23.6. The third kappa shape index (κ3) is 4.55. The molecule has 1 unspecified atom stereocenters. The average Bonchev–Trinajstić information content (AvgIpc) is 3.71. The van der Waals surface area contributed by atoms with Gasteiger partial charge in [0.15, 0.2) is 0 Å². The fraction of sp³-hybridized carbons (Fsp3) is 0.188. The monoisotopic (exact) mass is 474 g/mol. The summed E-state index contributed by atoms with van der Waals surface area (Å²) < 4.78 is 0. The molecule has 0 saturated heterocycles. The minimum atomic E-state index is -0.349. The number of carbonyl (C=O) groups excluding carboxylic acids is 2.